The molecule has 0 saturated heterocycles. The fourth-order valence-electron chi connectivity index (χ4n) is 1.39. The Morgan fingerprint density at radius 2 is 1.78 bits per heavy atom. The Hall–Kier alpha value is -1.35. The zero-order valence-electron chi connectivity index (χ0n) is 11.8. The summed E-state index contributed by atoms with van der Waals surface area (Å²) in [6, 6.07) is 0. The van der Waals surface area contributed by atoms with Crippen LogP contribution in [0.4, 0.5) is 0 Å². The van der Waals surface area contributed by atoms with Gasteiger partial charge < -0.3 is 4.74 Å². The normalized spacial score (nSPS) is 11.8. The maximum absolute atomic E-state index is 11.4. The molecular weight excluding hydrogens is 226 g/mol. The number of hydrogen-bond acceptors (Lipinski definition) is 3. The van der Waals surface area contributed by atoms with Crippen molar-refractivity contribution in [3.05, 3.63) is 37.5 Å². The highest BCUT2D eigenvalue weighted by Crippen LogP contribution is 2.07. The summed E-state index contributed by atoms with van der Waals surface area (Å²) in [5.41, 5.74) is -0.431. The van der Waals surface area contributed by atoms with Gasteiger partial charge in [-0.15, -0.1) is 13.2 Å². The molecule has 3 heteroatoms. The fraction of sp³-hybridized carbons (Fsp3) is 0.533. The first-order valence-electron chi connectivity index (χ1n) is 6.22. The third-order valence-corrected chi connectivity index (χ3v) is 2.05. The average molecular weight is 251 g/mol. The predicted octanol–water partition coefficient (Wildman–Crippen LogP) is 2.95. The summed E-state index contributed by atoms with van der Waals surface area (Å²) in [6.07, 6.45) is 7.86. The molecule has 0 aromatic carbocycles. The molecule has 0 fully saturated rings. The first-order chi connectivity index (χ1) is 8.39. The second-order valence-electron chi connectivity index (χ2n) is 5.06. The van der Waals surface area contributed by atoms with E-state index in [1.165, 1.54) is 6.08 Å². The minimum absolute atomic E-state index is 0.290. The van der Waals surface area contributed by atoms with Crippen LogP contribution in [0.3, 0.4) is 0 Å². The highest BCUT2D eigenvalue weighted by molar-refractivity contribution is 5.82. The van der Waals surface area contributed by atoms with E-state index in [9.17, 15) is 4.79 Å². The van der Waals surface area contributed by atoms with Crippen LogP contribution in [0, 0.1) is 0 Å². The smallest absolute Gasteiger partial charge is 0.330 e. The standard InChI is InChI=1S/C15H25NO2/c1-6-11-16(12-7-2)13-9-8-10-14(17)18-15(3,4)5/h6-8,10H,1-2,9,11-13H2,3-5H3/b10-8+. The molecule has 0 aromatic heterocycles. The van der Waals surface area contributed by atoms with Gasteiger partial charge in [-0.1, -0.05) is 18.2 Å². The summed E-state index contributed by atoms with van der Waals surface area (Å²) in [5, 5.41) is 0. The van der Waals surface area contributed by atoms with Gasteiger partial charge in [-0.25, -0.2) is 4.79 Å². The molecule has 0 heterocycles. The van der Waals surface area contributed by atoms with E-state index in [0.29, 0.717) is 0 Å². The van der Waals surface area contributed by atoms with Gasteiger partial charge in [0.2, 0.25) is 0 Å². The van der Waals surface area contributed by atoms with E-state index in [-0.39, 0.29) is 5.97 Å². The van der Waals surface area contributed by atoms with E-state index >= 15 is 0 Å². The van der Waals surface area contributed by atoms with Crippen LogP contribution >= 0.6 is 0 Å². The van der Waals surface area contributed by atoms with E-state index in [1.807, 2.05) is 39.0 Å². The number of nitrogens with zero attached hydrogens (tertiary/aromatic N) is 1. The van der Waals surface area contributed by atoms with Gasteiger partial charge in [-0.2, -0.15) is 0 Å². The second kappa shape index (κ2) is 8.70. The Morgan fingerprint density at radius 3 is 2.22 bits per heavy atom. The highest BCUT2D eigenvalue weighted by Gasteiger charge is 2.13. The molecule has 0 rings (SSSR count). The zero-order valence-corrected chi connectivity index (χ0v) is 11.8. The van der Waals surface area contributed by atoms with Crippen LogP contribution in [0.2, 0.25) is 0 Å². The molecule has 0 bridgehead atoms. The summed E-state index contributed by atoms with van der Waals surface area (Å²) in [7, 11) is 0. The van der Waals surface area contributed by atoms with E-state index < -0.39 is 5.60 Å². The van der Waals surface area contributed by atoms with Crippen molar-refractivity contribution in [1.29, 1.82) is 0 Å². The van der Waals surface area contributed by atoms with Gasteiger partial charge in [0.05, 0.1) is 0 Å². The summed E-state index contributed by atoms with van der Waals surface area (Å²) < 4.78 is 5.17. The number of rotatable bonds is 8. The van der Waals surface area contributed by atoms with E-state index in [1.54, 1.807) is 0 Å². The maximum atomic E-state index is 11.4. The Morgan fingerprint density at radius 1 is 1.22 bits per heavy atom. The van der Waals surface area contributed by atoms with Gasteiger partial charge in [0.15, 0.2) is 0 Å². The summed E-state index contributed by atoms with van der Waals surface area (Å²) >= 11 is 0. The molecule has 0 aromatic rings. The highest BCUT2D eigenvalue weighted by atomic mass is 16.6. The van der Waals surface area contributed by atoms with Crippen LogP contribution in [-0.4, -0.2) is 36.1 Å². The van der Waals surface area contributed by atoms with Crippen molar-refractivity contribution in [2.45, 2.75) is 32.8 Å². The average Bonchev–Trinajstić information content (AvgIpc) is 2.22. The van der Waals surface area contributed by atoms with Crippen molar-refractivity contribution >= 4 is 5.97 Å². The Labute approximate surface area is 111 Å². The molecule has 0 spiro atoms. The van der Waals surface area contributed by atoms with Crippen LogP contribution in [0.25, 0.3) is 0 Å². The van der Waals surface area contributed by atoms with Crippen molar-refractivity contribution in [3.8, 4) is 0 Å². The Balaban J connectivity index is 3.97. The molecule has 0 atom stereocenters. The molecule has 0 aliphatic rings. The van der Waals surface area contributed by atoms with E-state index in [2.05, 4.69) is 18.1 Å². The number of esters is 1. The summed E-state index contributed by atoms with van der Waals surface area (Å²) in [6.45, 7) is 15.5. The molecular formula is C15H25NO2. The topological polar surface area (TPSA) is 29.5 Å². The van der Waals surface area contributed by atoms with Crippen molar-refractivity contribution in [1.82, 2.24) is 4.90 Å². The van der Waals surface area contributed by atoms with Crippen molar-refractivity contribution < 1.29 is 9.53 Å². The van der Waals surface area contributed by atoms with E-state index in [4.69, 9.17) is 4.74 Å². The van der Waals surface area contributed by atoms with Gasteiger partial charge >= 0.3 is 5.97 Å². The molecule has 0 aliphatic carbocycles. The first-order valence-corrected chi connectivity index (χ1v) is 6.22. The minimum Gasteiger partial charge on any atom is -0.457 e. The third-order valence-electron chi connectivity index (χ3n) is 2.05. The lowest BCUT2D eigenvalue weighted by atomic mass is 10.2. The Kier molecular flexibility index (Phi) is 8.05. The van der Waals surface area contributed by atoms with Gasteiger partial charge in [0.1, 0.15) is 5.60 Å². The first kappa shape index (κ1) is 16.6. The molecule has 18 heavy (non-hydrogen) atoms. The molecule has 0 unspecified atom stereocenters. The molecule has 0 amide bonds. The molecule has 102 valence electrons. The minimum atomic E-state index is -0.431. The van der Waals surface area contributed by atoms with Crippen LogP contribution < -0.4 is 0 Å². The fourth-order valence-corrected chi connectivity index (χ4v) is 1.39. The predicted molar refractivity (Wildman–Crippen MR) is 76.4 cm³/mol. The van der Waals surface area contributed by atoms with Gasteiger partial charge in [0.25, 0.3) is 0 Å². The molecule has 0 aliphatic heterocycles. The molecule has 0 radical (unpaired) electrons. The van der Waals surface area contributed by atoms with Crippen LogP contribution in [-0.2, 0) is 9.53 Å². The molecule has 3 nitrogen and oxygen atoms in total. The molecule has 0 N–H and O–H groups in total. The van der Waals surface area contributed by atoms with Gasteiger partial charge in [-0.05, 0) is 27.2 Å². The number of carbonyl (C=O) groups excluding carboxylic acids is 1. The van der Waals surface area contributed by atoms with Gasteiger partial charge in [-0.3, -0.25) is 4.90 Å². The summed E-state index contributed by atoms with van der Waals surface area (Å²) in [4.78, 5) is 13.6. The Bertz CT molecular complexity index is 290. The van der Waals surface area contributed by atoms with Crippen molar-refractivity contribution in [3.63, 3.8) is 0 Å². The van der Waals surface area contributed by atoms with Gasteiger partial charge in [0, 0.05) is 25.7 Å². The van der Waals surface area contributed by atoms with Crippen LogP contribution in [0.15, 0.2) is 37.5 Å². The summed E-state index contributed by atoms with van der Waals surface area (Å²) in [5.74, 6) is -0.290. The van der Waals surface area contributed by atoms with Crippen LogP contribution in [0.1, 0.15) is 27.2 Å². The zero-order chi connectivity index (χ0) is 14.0. The van der Waals surface area contributed by atoms with Crippen molar-refractivity contribution in [2.75, 3.05) is 19.6 Å². The molecule has 0 saturated carbocycles. The monoisotopic (exact) mass is 251 g/mol. The lowest BCUT2D eigenvalue weighted by Crippen LogP contribution is -2.25. The quantitative estimate of drug-likeness (QED) is 0.377. The second-order valence-corrected chi connectivity index (χ2v) is 5.06. The lowest BCUT2D eigenvalue weighted by molar-refractivity contribution is -0.148. The SMILES string of the molecule is C=CCN(CC=C)CC/C=C/C(=O)OC(C)(C)C. The lowest BCUT2D eigenvalue weighted by Gasteiger charge is -2.18. The number of hydrogen-bond donors (Lipinski definition) is 0. The van der Waals surface area contributed by atoms with Crippen molar-refractivity contribution in [2.24, 2.45) is 0 Å². The van der Waals surface area contributed by atoms with E-state index in [0.717, 1.165) is 26.1 Å². The number of carbonyl (C=O) groups is 1. The third kappa shape index (κ3) is 9.85. The largest absolute Gasteiger partial charge is 0.457 e. The number of ether oxygens (including phenoxy) is 1. The maximum Gasteiger partial charge on any atom is 0.330 e. The van der Waals surface area contributed by atoms with Crippen LogP contribution in [0.5, 0.6) is 0 Å².